The number of carbonyl (C=O) groups is 2. The maximum atomic E-state index is 13.2. The summed E-state index contributed by atoms with van der Waals surface area (Å²) in [6, 6.07) is 0. The lowest BCUT2D eigenvalue weighted by Crippen LogP contribution is -2.42. The molecule has 0 aromatic heterocycles. The zero-order valence-electron chi connectivity index (χ0n) is 45.7. The Bertz CT molecular complexity index is 962. The van der Waals surface area contributed by atoms with Crippen molar-refractivity contribution in [3.63, 3.8) is 0 Å². The Balaban J connectivity index is 2.71. The van der Waals surface area contributed by atoms with Crippen LogP contribution in [0.3, 0.4) is 0 Å². The molecular weight excluding hydrogens is 855 g/mol. The molecule has 10 heteroatoms. The summed E-state index contributed by atoms with van der Waals surface area (Å²) < 4.78 is 42.0. The van der Waals surface area contributed by atoms with Crippen LogP contribution in [0.2, 0.25) is 0 Å². The van der Waals surface area contributed by atoms with Crippen LogP contribution in [0.25, 0.3) is 0 Å². The Kier molecular flexibility index (Phi) is 46.9. The number of hydrogen-bond acceptors (Lipinski definition) is 10. The standard InChI is InChI=1S/C58H113NO9/c1-6-10-14-18-22-26-31-48-65-56(66-49-32-27-23-19-15-11-7-2)38-36-54(60)63-52-42-58(40-45-59(46-41-58)44-30-35-47-62-5)43-53-64-55(61)37-39-57(67-50-33-28-24-20-16-12-8-3)68-51-34-29-25-21-17-13-9-4/h56-57H,6-53H2,1-5H3. The molecule has 0 radical (unpaired) electrons. The van der Waals surface area contributed by atoms with Crippen LogP contribution in [-0.2, 0) is 42.7 Å². The molecule has 0 aromatic rings. The monoisotopic (exact) mass is 968 g/mol. The van der Waals surface area contributed by atoms with Crippen LogP contribution in [0.4, 0.5) is 0 Å². The smallest absolute Gasteiger partial charge is 0.305 e. The van der Waals surface area contributed by atoms with Gasteiger partial charge in [-0.05, 0) is 89.3 Å². The van der Waals surface area contributed by atoms with Gasteiger partial charge in [-0.25, -0.2) is 0 Å². The SMILES string of the molecule is CCCCCCCCCOC(CCC(=O)OCCC1(CCOC(=O)CCC(OCCCCCCCCC)OCCCCCCCCC)CCN(CCCCOC)CC1)OCCCCCCCCC. The summed E-state index contributed by atoms with van der Waals surface area (Å²) in [5.74, 6) is -0.381. The number of esters is 2. The van der Waals surface area contributed by atoms with E-state index in [0.717, 1.165) is 90.4 Å². The first kappa shape index (κ1) is 64.7. The molecule has 404 valence electrons. The Labute approximate surface area is 420 Å². The zero-order chi connectivity index (χ0) is 49.3. The van der Waals surface area contributed by atoms with Crippen molar-refractivity contribution < 1.29 is 42.7 Å². The molecule has 0 N–H and O–H groups in total. The third kappa shape index (κ3) is 40.3. The topological polar surface area (TPSA) is 102 Å². The minimum Gasteiger partial charge on any atom is -0.466 e. The molecule has 1 aliphatic rings. The second-order valence-corrected chi connectivity index (χ2v) is 20.4. The van der Waals surface area contributed by atoms with E-state index in [1.807, 2.05) is 0 Å². The van der Waals surface area contributed by atoms with E-state index in [0.29, 0.717) is 52.5 Å². The van der Waals surface area contributed by atoms with Gasteiger partial charge in [0, 0.05) is 53.0 Å². The van der Waals surface area contributed by atoms with Crippen LogP contribution in [0, 0.1) is 5.41 Å². The lowest BCUT2D eigenvalue weighted by Gasteiger charge is -2.42. The highest BCUT2D eigenvalue weighted by Gasteiger charge is 2.35. The minimum atomic E-state index is -0.374. The highest BCUT2D eigenvalue weighted by Crippen LogP contribution is 2.39. The molecule has 1 saturated heterocycles. The molecule has 1 aliphatic heterocycles. The lowest BCUT2D eigenvalue weighted by atomic mass is 9.73. The summed E-state index contributed by atoms with van der Waals surface area (Å²) in [5.41, 5.74) is -0.0484. The number of rotatable bonds is 53. The van der Waals surface area contributed by atoms with Crippen LogP contribution >= 0.6 is 0 Å². The fraction of sp³-hybridized carbons (Fsp3) is 0.966. The summed E-state index contributed by atoms with van der Waals surface area (Å²) in [6.07, 6.45) is 41.1. The van der Waals surface area contributed by atoms with Gasteiger partial charge in [0.05, 0.1) is 26.1 Å². The van der Waals surface area contributed by atoms with Crippen molar-refractivity contribution in [3.05, 3.63) is 0 Å². The number of carbonyl (C=O) groups excluding carboxylic acids is 2. The van der Waals surface area contributed by atoms with E-state index < -0.39 is 0 Å². The van der Waals surface area contributed by atoms with Crippen LogP contribution in [0.1, 0.15) is 272 Å². The van der Waals surface area contributed by atoms with Crippen molar-refractivity contribution in [3.8, 4) is 0 Å². The molecule has 0 amide bonds. The van der Waals surface area contributed by atoms with Gasteiger partial charge in [-0.15, -0.1) is 0 Å². The molecule has 0 bridgehead atoms. The third-order valence-electron chi connectivity index (χ3n) is 14.2. The van der Waals surface area contributed by atoms with Crippen molar-refractivity contribution in [2.45, 2.75) is 284 Å². The highest BCUT2D eigenvalue weighted by atomic mass is 16.7. The Morgan fingerprint density at radius 2 is 0.721 bits per heavy atom. The van der Waals surface area contributed by atoms with Crippen molar-refractivity contribution >= 4 is 11.9 Å². The first-order valence-corrected chi connectivity index (χ1v) is 29.4. The molecule has 1 rings (SSSR count). The van der Waals surface area contributed by atoms with Crippen molar-refractivity contribution in [1.29, 1.82) is 0 Å². The summed E-state index contributed by atoms with van der Waals surface area (Å²) in [7, 11) is 1.76. The Hall–Kier alpha value is -1.30. The fourth-order valence-electron chi connectivity index (χ4n) is 9.36. The summed E-state index contributed by atoms with van der Waals surface area (Å²) >= 11 is 0. The fourth-order valence-corrected chi connectivity index (χ4v) is 9.36. The Morgan fingerprint density at radius 1 is 0.412 bits per heavy atom. The van der Waals surface area contributed by atoms with E-state index in [-0.39, 0.29) is 42.8 Å². The van der Waals surface area contributed by atoms with Gasteiger partial charge in [0.1, 0.15) is 0 Å². The number of ether oxygens (including phenoxy) is 7. The van der Waals surface area contributed by atoms with Gasteiger partial charge < -0.3 is 38.1 Å². The molecule has 68 heavy (non-hydrogen) atoms. The molecule has 0 unspecified atom stereocenters. The van der Waals surface area contributed by atoms with Gasteiger partial charge in [0.2, 0.25) is 0 Å². The number of methoxy groups -OCH3 is 1. The summed E-state index contributed by atoms with van der Waals surface area (Å²) in [5, 5.41) is 0. The first-order chi connectivity index (χ1) is 33.4. The molecule has 0 spiro atoms. The van der Waals surface area contributed by atoms with Gasteiger partial charge in [-0.2, -0.15) is 0 Å². The van der Waals surface area contributed by atoms with Gasteiger partial charge in [0.15, 0.2) is 12.6 Å². The Morgan fingerprint density at radius 3 is 1.04 bits per heavy atom. The molecule has 10 nitrogen and oxygen atoms in total. The largest absolute Gasteiger partial charge is 0.466 e. The summed E-state index contributed by atoms with van der Waals surface area (Å²) in [4.78, 5) is 29.0. The predicted octanol–water partition coefficient (Wildman–Crippen LogP) is 15.6. The average molecular weight is 969 g/mol. The molecular formula is C58H113NO9. The molecule has 1 fully saturated rings. The van der Waals surface area contributed by atoms with Crippen LogP contribution in [-0.4, -0.2) is 102 Å². The maximum Gasteiger partial charge on any atom is 0.305 e. The minimum absolute atomic E-state index is 0.0484. The molecule has 0 saturated carbocycles. The van der Waals surface area contributed by atoms with Crippen LogP contribution in [0.15, 0.2) is 0 Å². The van der Waals surface area contributed by atoms with Crippen molar-refractivity contribution in [1.82, 2.24) is 4.90 Å². The van der Waals surface area contributed by atoms with Gasteiger partial charge in [-0.3, -0.25) is 9.59 Å². The molecule has 1 heterocycles. The van der Waals surface area contributed by atoms with Gasteiger partial charge >= 0.3 is 11.9 Å². The highest BCUT2D eigenvalue weighted by molar-refractivity contribution is 5.69. The van der Waals surface area contributed by atoms with E-state index in [2.05, 4.69) is 32.6 Å². The number of hydrogen-bond donors (Lipinski definition) is 0. The van der Waals surface area contributed by atoms with Gasteiger partial charge in [0.25, 0.3) is 0 Å². The van der Waals surface area contributed by atoms with Crippen LogP contribution < -0.4 is 0 Å². The normalized spacial score (nSPS) is 14.1. The van der Waals surface area contributed by atoms with Crippen molar-refractivity contribution in [2.24, 2.45) is 5.41 Å². The number of likely N-dealkylation sites (tertiary alicyclic amines) is 1. The van der Waals surface area contributed by atoms with E-state index >= 15 is 0 Å². The predicted molar refractivity (Wildman–Crippen MR) is 282 cm³/mol. The maximum absolute atomic E-state index is 13.2. The number of unbranched alkanes of at least 4 members (excludes halogenated alkanes) is 25. The summed E-state index contributed by atoms with van der Waals surface area (Å²) in [6.45, 7) is 16.3. The van der Waals surface area contributed by atoms with E-state index in [9.17, 15) is 9.59 Å². The second kappa shape index (κ2) is 49.3. The zero-order valence-corrected chi connectivity index (χ0v) is 45.7. The third-order valence-corrected chi connectivity index (χ3v) is 14.2. The first-order valence-electron chi connectivity index (χ1n) is 29.4. The second-order valence-electron chi connectivity index (χ2n) is 20.4. The lowest BCUT2D eigenvalue weighted by molar-refractivity contribution is -0.160. The molecule has 0 atom stereocenters. The van der Waals surface area contributed by atoms with Crippen LogP contribution in [0.5, 0.6) is 0 Å². The average Bonchev–Trinajstić information content (AvgIpc) is 3.34. The quantitative estimate of drug-likeness (QED) is 0.0333. The number of piperidine rings is 1. The number of nitrogens with zero attached hydrogens (tertiary/aromatic N) is 1. The van der Waals surface area contributed by atoms with E-state index in [4.69, 9.17) is 33.2 Å². The van der Waals surface area contributed by atoms with E-state index in [1.54, 1.807) is 7.11 Å². The molecule has 0 aromatic carbocycles. The van der Waals surface area contributed by atoms with Gasteiger partial charge in [-0.1, -0.05) is 182 Å². The van der Waals surface area contributed by atoms with Crippen molar-refractivity contribution in [2.75, 3.05) is 73.0 Å². The molecule has 0 aliphatic carbocycles. The van der Waals surface area contributed by atoms with E-state index in [1.165, 1.54) is 154 Å².